The van der Waals surface area contributed by atoms with E-state index < -0.39 is 6.10 Å². The molecule has 1 saturated carbocycles. The van der Waals surface area contributed by atoms with Crippen molar-refractivity contribution in [1.29, 1.82) is 0 Å². The van der Waals surface area contributed by atoms with E-state index in [-0.39, 0.29) is 23.5 Å². The van der Waals surface area contributed by atoms with Crippen LogP contribution >= 0.6 is 0 Å². The van der Waals surface area contributed by atoms with Gasteiger partial charge < -0.3 is 19.5 Å². The molecule has 2 aliphatic rings. The zero-order chi connectivity index (χ0) is 20.0. The van der Waals surface area contributed by atoms with E-state index in [1.54, 1.807) is 7.11 Å². The Hall–Kier alpha value is -1.69. The molecule has 1 N–H and O–H groups in total. The maximum Gasteiger partial charge on any atom is 0.225 e. The number of amides is 1. The summed E-state index contributed by atoms with van der Waals surface area (Å²) in [5.41, 5.74) is 0.919. The van der Waals surface area contributed by atoms with E-state index >= 15 is 0 Å². The van der Waals surface area contributed by atoms with Crippen LogP contribution in [0.4, 0.5) is 0 Å². The molecule has 0 unspecified atom stereocenters. The molecule has 1 aromatic carbocycles. The topological polar surface area (TPSA) is 59.0 Å². The maximum absolute atomic E-state index is 13.0. The second-order valence-corrected chi connectivity index (χ2v) is 8.13. The van der Waals surface area contributed by atoms with Crippen LogP contribution in [0.2, 0.25) is 0 Å². The fourth-order valence-corrected chi connectivity index (χ4v) is 4.46. The molecular weight excluding hydrogens is 354 g/mol. The van der Waals surface area contributed by atoms with E-state index in [0.29, 0.717) is 32.5 Å². The number of nitrogens with zero attached hydrogens (tertiary/aromatic N) is 1. The van der Waals surface area contributed by atoms with Crippen molar-refractivity contribution < 1.29 is 19.4 Å². The number of ether oxygens (including phenoxy) is 2. The van der Waals surface area contributed by atoms with Gasteiger partial charge in [0.25, 0.3) is 0 Å². The molecule has 1 aliphatic carbocycles. The Labute approximate surface area is 168 Å². The lowest BCUT2D eigenvalue weighted by molar-refractivity contribution is -0.148. The third-order valence-electron chi connectivity index (χ3n) is 6.30. The lowest BCUT2D eigenvalue weighted by atomic mass is 9.82. The highest BCUT2D eigenvalue weighted by Crippen LogP contribution is 2.34. The monoisotopic (exact) mass is 387 g/mol. The van der Waals surface area contributed by atoms with Crippen molar-refractivity contribution >= 4 is 5.91 Å². The van der Waals surface area contributed by atoms with Crippen LogP contribution in [0.15, 0.2) is 43.0 Å². The Morgan fingerprint density at radius 3 is 2.64 bits per heavy atom. The first kappa shape index (κ1) is 21.0. The molecule has 154 valence electrons. The van der Waals surface area contributed by atoms with Gasteiger partial charge in [-0.05, 0) is 44.1 Å². The summed E-state index contributed by atoms with van der Waals surface area (Å²) >= 11 is 0. The first-order valence-electron chi connectivity index (χ1n) is 10.4. The van der Waals surface area contributed by atoms with Gasteiger partial charge >= 0.3 is 0 Å². The number of rotatable bonds is 7. The molecule has 1 heterocycles. The summed E-state index contributed by atoms with van der Waals surface area (Å²) in [6.45, 7) is 5.90. The molecule has 0 radical (unpaired) electrons. The number of piperidine rings is 1. The summed E-state index contributed by atoms with van der Waals surface area (Å²) in [5.74, 6) is 0.148. The Bertz CT molecular complexity index is 639. The van der Waals surface area contributed by atoms with Gasteiger partial charge in [0.15, 0.2) is 0 Å². The Kier molecular flexibility index (Phi) is 7.27. The third kappa shape index (κ3) is 5.02. The van der Waals surface area contributed by atoms with Crippen LogP contribution < -0.4 is 0 Å². The fraction of sp³-hybridized carbons (Fsp3) is 0.609. The summed E-state index contributed by atoms with van der Waals surface area (Å²) in [7, 11) is 1.61. The van der Waals surface area contributed by atoms with E-state index in [0.717, 1.165) is 31.2 Å². The van der Waals surface area contributed by atoms with Crippen LogP contribution in [0, 0.1) is 5.92 Å². The number of hydrogen-bond donors (Lipinski definition) is 1. The lowest BCUT2D eigenvalue weighted by Crippen LogP contribution is -2.50. The number of benzene rings is 1. The van der Waals surface area contributed by atoms with E-state index in [9.17, 15) is 9.90 Å². The van der Waals surface area contributed by atoms with Gasteiger partial charge in [0, 0.05) is 26.1 Å². The van der Waals surface area contributed by atoms with E-state index in [2.05, 4.69) is 18.7 Å². The molecule has 2 fully saturated rings. The average Bonchev–Trinajstić information content (AvgIpc) is 2.74. The predicted octanol–water partition coefficient (Wildman–Crippen LogP) is 3.32. The summed E-state index contributed by atoms with van der Waals surface area (Å²) in [6.07, 6.45) is 5.64. The van der Waals surface area contributed by atoms with Gasteiger partial charge in [-0.25, -0.2) is 0 Å². The molecule has 5 heteroatoms. The predicted molar refractivity (Wildman–Crippen MR) is 109 cm³/mol. The summed E-state index contributed by atoms with van der Waals surface area (Å²) < 4.78 is 11.7. The van der Waals surface area contributed by atoms with Crippen molar-refractivity contribution in [2.24, 2.45) is 5.92 Å². The molecule has 3 rings (SSSR count). The van der Waals surface area contributed by atoms with Crippen molar-refractivity contribution in [1.82, 2.24) is 4.90 Å². The molecule has 1 aromatic rings. The third-order valence-corrected chi connectivity index (χ3v) is 6.30. The van der Waals surface area contributed by atoms with E-state index in [4.69, 9.17) is 9.47 Å². The van der Waals surface area contributed by atoms with Crippen molar-refractivity contribution in [3.05, 3.63) is 48.6 Å². The highest BCUT2D eigenvalue weighted by Gasteiger charge is 2.39. The van der Waals surface area contributed by atoms with E-state index in [1.165, 1.54) is 0 Å². The quantitative estimate of drug-likeness (QED) is 0.729. The second-order valence-electron chi connectivity index (χ2n) is 8.13. The number of aliphatic hydroxyl groups excluding tert-OH is 1. The molecule has 1 aliphatic heterocycles. The molecule has 5 nitrogen and oxygen atoms in total. The molecule has 3 atom stereocenters. The minimum absolute atomic E-state index is 0.0505. The molecule has 0 bridgehead atoms. The summed E-state index contributed by atoms with van der Waals surface area (Å²) in [5, 5.41) is 9.98. The molecule has 0 spiro atoms. The van der Waals surface area contributed by atoms with Gasteiger partial charge in [-0.15, -0.1) is 6.58 Å². The van der Waals surface area contributed by atoms with Crippen molar-refractivity contribution in [3.63, 3.8) is 0 Å². The number of methoxy groups -OCH3 is 1. The van der Waals surface area contributed by atoms with Gasteiger partial charge in [0.05, 0.1) is 24.4 Å². The van der Waals surface area contributed by atoms with E-state index in [1.807, 2.05) is 29.2 Å². The SMILES string of the molecule is C=CCC1(OCc2ccccc2)CCN(C(=O)[C@@H]2CC[C@H](O)[C@H](OC)C2)CC1. The normalized spacial score (nSPS) is 27.4. The average molecular weight is 388 g/mol. The summed E-state index contributed by atoms with van der Waals surface area (Å²) in [4.78, 5) is 15.0. The zero-order valence-corrected chi connectivity index (χ0v) is 16.9. The summed E-state index contributed by atoms with van der Waals surface area (Å²) in [6, 6.07) is 10.2. The van der Waals surface area contributed by atoms with Crippen LogP contribution in [0.25, 0.3) is 0 Å². The smallest absolute Gasteiger partial charge is 0.225 e. The maximum atomic E-state index is 13.0. The van der Waals surface area contributed by atoms with Crippen LogP contribution in [0.5, 0.6) is 0 Å². The number of carbonyl (C=O) groups is 1. The minimum Gasteiger partial charge on any atom is -0.390 e. The van der Waals surface area contributed by atoms with Crippen molar-refractivity contribution in [2.75, 3.05) is 20.2 Å². The number of aliphatic hydroxyl groups is 1. The largest absolute Gasteiger partial charge is 0.390 e. The zero-order valence-electron chi connectivity index (χ0n) is 16.9. The van der Waals surface area contributed by atoms with Gasteiger partial charge in [-0.2, -0.15) is 0 Å². The molecule has 1 amide bonds. The number of likely N-dealkylation sites (tertiary alicyclic amines) is 1. The van der Waals surface area contributed by atoms with Crippen LogP contribution in [0.1, 0.15) is 44.1 Å². The standard InChI is InChI=1S/C23H33NO4/c1-3-11-23(28-17-18-7-5-4-6-8-18)12-14-24(15-13-23)22(26)19-9-10-20(25)21(16-19)27-2/h3-8,19-21,25H,1,9-17H2,2H3/t19-,20+,21-/m1/s1. The molecule has 0 aromatic heterocycles. The number of hydrogen-bond acceptors (Lipinski definition) is 4. The van der Waals surface area contributed by atoms with Crippen LogP contribution in [-0.4, -0.2) is 53.9 Å². The van der Waals surface area contributed by atoms with Crippen LogP contribution in [0.3, 0.4) is 0 Å². The highest BCUT2D eigenvalue weighted by atomic mass is 16.5. The van der Waals surface area contributed by atoms with Gasteiger partial charge in [-0.1, -0.05) is 36.4 Å². The Morgan fingerprint density at radius 2 is 2.00 bits per heavy atom. The van der Waals surface area contributed by atoms with Crippen molar-refractivity contribution in [3.8, 4) is 0 Å². The minimum atomic E-state index is -0.456. The lowest BCUT2D eigenvalue weighted by Gasteiger charge is -2.43. The van der Waals surface area contributed by atoms with Crippen molar-refractivity contribution in [2.45, 2.75) is 62.9 Å². The fourth-order valence-electron chi connectivity index (χ4n) is 4.46. The van der Waals surface area contributed by atoms with Gasteiger partial charge in [0.2, 0.25) is 5.91 Å². The Morgan fingerprint density at radius 1 is 1.29 bits per heavy atom. The highest BCUT2D eigenvalue weighted by molar-refractivity contribution is 5.79. The molecule has 28 heavy (non-hydrogen) atoms. The molecular formula is C23H33NO4. The first-order chi connectivity index (χ1) is 13.6. The number of carbonyl (C=O) groups excluding carboxylic acids is 1. The molecule has 1 saturated heterocycles. The Balaban J connectivity index is 1.56. The van der Waals surface area contributed by atoms with Crippen LogP contribution in [-0.2, 0) is 20.9 Å². The van der Waals surface area contributed by atoms with Gasteiger partial charge in [0.1, 0.15) is 0 Å². The second kappa shape index (κ2) is 9.68. The first-order valence-corrected chi connectivity index (χ1v) is 10.4. The van der Waals surface area contributed by atoms with Gasteiger partial charge in [-0.3, -0.25) is 4.79 Å².